The van der Waals surface area contributed by atoms with Crippen molar-refractivity contribution in [1.82, 2.24) is 34.3 Å². The number of nitrogens with zero attached hydrogens (tertiary/aromatic N) is 8. The molecule has 0 spiro atoms. The number of imidazole rings is 1. The first kappa shape index (κ1) is 22.6. The highest BCUT2D eigenvalue weighted by Gasteiger charge is 2.31. The molecule has 4 aromatic rings. The van der Waals surface area contributed by atoms with Gasteiger partial charge in [0.1, 0.15) is 5.82 Å². The molecule has 0 bridgehead atoms. The summed E-state index contributed by atoms with van der Waals surface area (Å²) in [6.45, 7) is 7.37. The molecule has 0 aromatic carbocycles. The Bertz CT molecular complexity index is 1400. The fraction of sp³-hybridized carbons (Fsp3) is 0.440. The van der Waals surface area contributed by atoms with Gasteiger partial charge >= 0.3 is 5.97 Å². The van der Waals surface area contributed by atoms with Crippen molar-refractivity contribution in [1.29, 1.82) is 0 Å². The van der Waals surface area contributed by atoms with Crippen LogP contribution in [0.25, 0.3) is 28.5 Å². The summed E-state index contributed by atoms with van der Waals surface area (Å²) in [5.74, 6) is 1.76. The average Bonchev–Trinajstić information content (AvgIpc) is 3.56. The SMILES string of the molecule is CCOC(=O)c1cc(C2CC2)nn1-c1nc(N2CCOCC2)c2nc(-c3ccncc3)n(CC)c2n1. The molecule has 5 heterocycles. The van der Waals surface area contributed by atoms with E-state index in [0.29, 0.717) is 67.4 Å². The van der Waals surface area contributed by atoms with Crippen LogP contribution < -0.4 is 4.90 Å². The second-order valence-corrected chi connectivity index (χ2v) is 8.90. The molecule has 0 radical (unpaired) electrons. The molecular weight excluding hydrogens is 460 g/mol. The number of carbonyl (C=O) groups excluding carboxylic acids is 1. The maximum atomic E-state index is 12.9. The molecule has 11 heteroatoms. The van der Waals surface area contributed by atoms with E-state index in [-0.39, 0.29) is 6.61 Å². The van der Waals surface area contributed by atoms with Gasteiger partial charge in [-0.1, -0.05) is 0 Å². The van der Waals surface area contributed by atoms with Gasteiger partial charge in [-0.3, -0.25) is 4.98 Å². The van der Waals surface area contributed by atoms with Gasteiger partial charge in [0, 0.05) is 43.5 Å². The fourth-order valence-corrected chi connectivity index (χ4v) is 4.57. The molecule has 1 aliphatic heterocycles. The Morgan fingerprint density at radius 3 is 2.58 bits per heavy atom. The third-order valence-corrected chi connectivity index (χ3v) is 6.53. The Kier molecular flexibility index (Phi) is 5.84. The molecule has 36 heavy (non-hydrogen) atoms. The minimum atomic E-state index is -0.435. The fourth-order valence-electron chi connectivity index (χ4n) is 4.57. The van der Waals surface area contributed by atoms with Crippen LogP contribution in [-0.4, -0.2) is 73.2 Å². The van der Waals surface area contributed by atoms with Gasteiger partial charge < -0.3 is 18.9 Å². The number of ether oxygens (including phenoxy) is 2. The zero-order valence-corrected chi connectivity index (χ0v) is 20.4. The largest absolute Gasteiger partial charge is 0.461 e. The van der Waals surface area contributed by atoms with Crippen molar-refractivity contribution in [3.63, 3.8) is 0 Å². The maximum Gasteiger partial charge on any atom is 0.357 e. The van der Waals surface area contributed by atoms with Crippen LogP contribution in [0.4, 0.5) is 5.82 Å². The first-order valence-electron chi connectivity index (χ1n) is 12.5. The summed E-state index contributed by atoms with van der Waals surface area (Å²) < 4.78 is 14.5. The Morgan fingerprint density at radius 2 is 1.89 bits per heavy atom. The molecule has 0 atom stereocenters. The molecule has 1 saturated heterocycles. The van der Waals surface area contributed by atoms with Gasteiger partial charge in [-0.05, 0) is 44.9 Å². The lowest BCUT2D eigenvalue weighted by Gasteiger charge is -2.28. The number of carbonyl (C=O) groups is 1. The monoisotopic (exact) mass is 488 g/mol. The molecule has 11 nitrogen and oxygen atoms in total. The molecule has 6 rings (SSSR count). The highest BCUT2D eigenvalue weighted by molar-refractivity contribution is 5.90. The number of hydrogen-bond acceptors (Lipinski definition) is 9. The molecule has 2 fully saturated rings. The summed E-state index contributed by atoms with van der Waals surface area (Å²) in [6, 6.07) is 5.69. The molecule has 0 N–H and O–H groups in total. The van der Waals surface area contributed by atoms with Crippen LogP contribution in [0.5, 0.6) is 0 Å². The van der Waals surface area contributed by atoms with E-state index >= 15 is 0 Å². The van der Waals surface area contributed by atoms with Crippen LogP contribution in [0.2, 0.25) is 0 Å². The lowest BCUT2D eigenvalue weighted by Crippen LogP contribution is -2.37. The van der Waals surface area contributed by atoms with Gasteiger partial charge in [0.15, 0.2) is 22.7 Å². The quantitative estimate of drug-likeness (QED) is 0.362. The predicted molar refractivity (Wildman–Crippen MR) is 132 cm³/mol. The highest BCUT2D eigenvalue weighted by Crippen LogP contribution is 2.40. The molecule has 2 aliphatic rings. The number of hydrogen-bond donors (Lipinski definition) is 0. The Morgan fingerprint density at radius 1 is 1.11 bits per heavy atom. The normalized spacial score (nSPS) is 16.0. The first-order valence-corrected chi connectivity index (χ1v) is 12.5. The summed E-state index contributed by atoms with van der Waals surface area (Å²) in [5, 5.41) is 4.77. The zero-order valence-electron chi connectivity index (χ0n) is 20.4. The number of rotatable bonds is 7. The van der Waals surface area contributed by atoms with Crippen LogP contribution >= 0.6 is 0 Å². The number of pyridine rings is 1. The predicted octanol–water partition coefficient (Wildman–Crippen LogP) is 2.98. The lowest BCUT2D eigenvalue weighted by atomic mass is 10.2. The van der Waals surface area contributed by atoms with Crippen molar-refractivity contribution in [3.05, 3.63) is 42.0 Å². The summed E-state index contributed by atoms with van der Waals surface area (Å²) in [6.07, 6.45) is 5.64. The Balaban J connectivity index is 1.58. The molecule has 1 saturated carbocycles. The molecule has 186 valence electrons. The van der Waals surface area contributed by atoms with E-state index in [1.165, 1.54) is 4.68 Å². The number of aryl methyl sites for hydroxylation is 1. The smallest absolute Gasteiger partial charge is 0.357 e. The van der Waals surface area contributed by atoms with Gasteiger partial charge in [0.05, 0.1) is 25.5 Å². The highest BCUT2D eigenvalue weighted by atomic mass is 16.5. The molecule has 4 aromatic heterocycles. The van der Waals surface area contributed by atoms with Crippen molar-refractivity contribution in [3.8, 4) is 17.3 Å². The van der Waals surface area contributed by atoms with Crippen LogP contribution in [0.15, 0.2) is 30.6 Å². The topological polar surface area (TPSA) is 113 Å². The van der Waals surface area contributed by atoms with E-state index in [0.717, 1.165) is 29.9 Å². The van der Waals surface area contributed by atoms with E-state index in [1.54, 1.807) is 19.3 Å². The van der Waals surface area contributed by atoms with Crippen molar-refractivity contribution >= 4 is 23.0 Å². The van der Waals surface area contributed by atoms with Gasteiger partial charge in [0.25, 0.3) is 5.95 Å². The minimum Gasteiger partial charge on any atom is -0.461 e. The standard InChI is InChI=1S/C25H28N8O3/c1-3-32-21(17-7-9-26-10-8-17)27-20-22(31-11-13-35-14-12-31)28-25(29-23(20)32)33-19(24(34)36-4-2)15-18(30-33)16-5-6-16/h7-10,15-16H,3-6,11-14H2,1-2H3. The second-order valence-electron chi connectivity index (χ2n) is 8.90. The van der Waals surface area contributed by atoms with Gasteiger partial charge in [-0.25, -0.2) is 9.78 Å². The van der Waals surface area contributed by atoms with Crippen molar-refractivity contribution in [2.75, 3.05) is 37.8 Å². The van der Waals surface area contributed by atoms with Crippen molar-refractivity contribution < 1.29 is 14.3 Å². The number of morpholine rings is 1. The number of anilines is 1. The molecule has 0 amide bonds. The van der Waals surface area contributed by atoms with Crippen LogP contribution in [-0.2, 0) is 16.0 Å². The van der Waals surface area contributed by atoms with E-state index in [4.69, 9.17) is 29.5 Å². The van der Waals surface area contributed by atoms with E-state index in [1.807, 2.05) is 18.2 Å². The number of fused-ring (bicyclic) bond motifs is 1. The first-order chi connectivity index (χ1) is 17.7. The van der Waals surface area contributed by atoms with Gasteiger partial charge in [0.2, 0.25) is 0 Å². The maximum absolute atomic E-state index is 12.9. The van der Waals surface area contributed by atoms with Gasteiger partial charge in [-0.2, -0.15) is 19.7 Å². The molecule has 0 unspecified atom stereocenters. The van der Waals surface area contributed by atoms with Crippen LogP contribution in [0.1, 0.15) is 48.8 Å². The number of esters is 1. The Labute approximate surface area is 208 Å². The third-order valence-electron chi connectivity index (χ3n) is 6.53. The van der Waals surface area contributed by atoms with Crippen LogP contribution in [0.3, 0.4) is 0 Å². The van der Waals surface area contributed by atoms with Crippen LogP contribution in [0, 0.1) is 0 Å². The lowest BCUT2D eigenvalue weighted by molar-refractivity contribution is 0.0515. The summed E-state index contributed by atoms with van der Waals surface area (Å²) in [4.78, 5) is 34.0. The summed E-state index contributed by atoms with van der Waals surface area (Å²) in [7, 11) is 0. The van der Waals surface area contributed by atoms with E-state index < -0.39 is 5.97 Å². The van der Waals surface area contributed by atoms with E-state index in [2.05, 4.69) is 21.4 Å². The van der Waals surface area contributed by atoms with E-state index in [9.17, 15) is 4.79 Å². The zero-order chi connectivity index (χ0) is 24.6. The second kappa shape index (κ2) is 9.30. The minimum absolute atomic E-state index is 0.277. The van der Waals surface area contributed by atoms with Crippen molar-refractivity contribution in [2.24, 2.45) is 0 Å². The van der Waals surface area contributed by atoms with Gasteiger partial charge in [-0.15, -0.1) is 0 Å². The molecular formula is C25H28N8O3. The number of aromatic nitrogens is 7. The summed E-state index contributed by atoms with van der Waals surface area (Å²) in [5.41, 5.74) is 3.55. The Hall–Kier alpha value is -3.86. The van der Waals surface area contributed by atoms with Crippen molar-refractivity contribution in [2.45, 2.75) is 39.2 Å². The summed E-state index contributed by atoms with van der Waals surface area (Å²) >= 11 is 0. The average molecular weight is 489 g/mol. The molecule has 1 aliphatic carbocycles. The third kappa shape index (κ3) is 3.98.